The van der Waals surface area contributed by atoms with Crippen LogP contribution in [0, 0.1) is 6.92 Å². The minimum absolute atomic E-state index is 0.166. The van der Waals surface area contributed by atoms with Gasteiger partial charge in [0.25, 0.3) is 5.91 Å². The van der Waals surface area contributed by atoms with E-state index < -0.39 is 0 Å². The lowest BCUT2D eigenvalue weighted by Crippen LogP contribution is -2.25. The van der Waals surface area contributed by atoms with Crippen LogP contribution in [0.15, 0.2) is 34.9 Å². The molecule has 124 valence electrons. The van der Waals surface area contributed by atoms with Gasteiger partial charge >= 0.3 is 0 Å². The average Bonchev–Trinajstić information content (AvgIpc) is 3.18. The molecule has 0 spiro atoms. The minimum Gasteiger partial charge on any atom is -0.497 e. The van der Waals surface area contributed by atoms with Crippen molar-refractivity contribution in [3.63, 3.8) is 0 Å². The summed E-state index contributed by atoms with van der Waals surface area (Å²) in [7, 11) is 3.32. The summed E-state index contributed by atoms with van der Waals surface area (Å²) in [5.41, 5.74) is 2.00. The number of amides is 1. The van der Waals surface area contributed by atoms with Gasteiger partial charge in [-0.1, -0.05) is 17.3 Å². The molecule has 0 aliphatic rings. The van der Waals surface area contributed by atoms with Crippen LogP contribution < -0.4 is 10.1 Å². The minimum atomic E-state index is -0.269. The number of nitrogens with zero attached hydrogens (tertiary/aromatic N) is 4. The van der Waals surface area contributed by atoms with Gasteiger partial charge in [0.05, 0.1) is 19.3 Å². The molecule has 0 radical (unpaired) electrons. The Morgan fingerprint density at radius 2 is 2.21 bits per heavy atom. The third kappa shape index (κ3) is 3.27. The molecule has 2 heterocycles. The Morgan fingerprint density at radius 1 is 1.38 bits per heavy atom. The second kappa shape index (κ2) is 6.53. The molecular formula is C16H17N5O3. The molecule has 0 fully saturated rings. The summed E-state index contributed by atoms with van der Waals surface area (Å²) >= 11 is 0. The van der Waals surface area contributed by atoms with Crippen molar-refractivity contribution in [3.8, 4) is 17.0 Å². The Labute approximate surface area is 138 Å². The number of hydrogen-bond acceptors (Lipinski definition) is 6. The average molecular weight is 327 g/mol. The van der Waals surface area contributed by atoms with E-state index in [-0.39, 0.29) is 12.5 Å². The van der Waals surface area contributed by atoms with Crippen LogP contribution >= 0.6 is 0 Å². The number of ether oxygens (including phenoxy) is 1. The van der Waals surface area contributed by atoms with Crippen molar-refractivity contribution in [2.75, 3.05) is 7.11 Å². The molecule has 0 saturated carbocycles. The fraction of sp³-hybridized carbons (Fsp3) is 0.250. The molecular weight excluding hydrogens is 310 g/mol. The molecule has 0 aliphatic heterocycles. The molecule has 0 atom stereocenters. The third-order valence-electron chi connectivity index (χ3n) is 3.45. The molecule has 3 aromatic rings. The molecule has 3 rings (SSSR count). The van der Waals surface area contributed by atoms with Crippen molar-refractivity contribution >= 4 is 5.91 Å². The molecule has 8 nitrogen and oxygen atoms in total. The summed E-state index contributed by atoms with van der Waals surface area (Å²) in [6, 6.07) is 9.23. The van der Waals surface area contributed by atoms with E-state index in [1.807, 2.05) is 24.3 Å². The van der Waals surface area contributed by atoms with Crippen LogP contribution in [0.4, 0.5) is 0 Å². The van der Waals surface area contributed by atoms with Crippen molar-refractivity contribution in [3.05, 3.63) is 47.7 Å². The molecule has 24 heavy (non-hydrogen) atoms. The Kier molecular flexibility index (Phi) is 4.28. The SMILES string of the molecule is COc1cccc(-c2cc(C(=O)NCc3nc(C)no3)n(C)n2)c1. The summed E-state index contributed by atoms with van der Waals surface area (Å²) in [5.74, 6) is 1.35. The molecule has 1 amide bonds. The molecule has 1 aromatic carbocycles. The molecule has 1 N–H and O–H groups in total. The van der Waals surface area contributed by atoms with Gasteiger partial charge in [-0.25, -0.2) is 0 Å². The largest absolute Gasteiger partial charge is 0.497 e. The molecule has 0 bridgehead atoms. The van der Waals surface area contributed by atoms with Crippen LogP contribution in [0.3, 0.4) is 0 Å². The maximum absolute atomic E-state index is 12.3. The third-order valence-corrected chi connectivity index (χ3v) is 3.45. The summed E-state index contributed by atoms with van der Waals surface area (Å²) in [6.07, 6.45) is 0. The maximum atomic E-state index is 12.3. The highest BCUT2D eigenvalue weighted by Gasteiger charge is 2.15. The van der Waals surface area contributed by atoms with Gasteiger partial charge < -0.3 is 14.6 Å². The van der Waals surface area contributed by atoms with E-state index in [0.29, 0.717) is 23.1 Å². The first kappa shape index (κ1) is 15.7. The fourth-order valence-electron chi connectivity index (χ4n) is 2.26. The van der Waals surface area contributed by atoms with Gasteiger partial charge in [-0.15, -0.1) is 0 Å². The van der Waals surface area contributed by atoms with Crippen LogP contribution in [0.5, 0.6) is 5.75 Å². The predicted molar refractivity (Wildman–Crippen MR) is 85.4 cm³/mol. The van der Waals surface area contributed by atoms with Gasteiger partial charge in [0.15, 0.2) is 5.82 Å². The van der Waals surface area contributed by atoms with Gasteiger partial charge in [-0.05, 0) is 25.1 Å². The first-order chi connectivity index (χ1) is 11.6. The normalized spacial score (nSPS) is 10.6. The molecule has 2 aromatic heterocycles. The smallest absolute Gasteiger partial charge is 0.269 e. The highest BCUT2D eigenvalue weighted by Crippen LogP contribution is 2.23. The molecule has 8 heteroatoms. The van der Waals surface area contributed by atoms with Gasteiger partial charge in [0.1, 0.15) is 11.4 Å². The second-order valence-corrected chi connectivity index (χ2v) is 5.19. The van der Waals surface area contributed by atoms with Gasteiger partial charge in [-0.2, -0.15) is 10.1 Å². The van der Waals surface area contributed by atoms with Gasteiger partial charge in [-0.3, -0.25) is 9.48 Å². The molecule has 0 saturated heterocycles. The zero-order valence-electron chi connectivity index (χ0n) is 13.6. The Balaban J connectivity index is 1.76. The molecule has 0 aliphatic carbocycles. The van der Waals surface area contributed by atoms with Crippen molar-refractivity contribution in [1.82, 2.24) is 25.2 Å². The lowest BCUT2D eigenvalue weighted by Gasteiger charge is -2.01. The predicted octanol–water partition coefficient (Wildman–Crippen LogP) is 1.72. The lowest BCUT2D eigenvalue weighted by molar-refractivity contribution is 0.0937. The standard InChI is InChI=1S/C16H17N5O3/c1-10-18-15(24-20-10)9-17-16(22)14-8-13(19-21(14)2)11-5-4-6-12(7-11)23-3/h4-8H,9H2,1-3H3,(H,17,22). The number of carbonyl (C=O) groups is 1. The number of aromatic nitrogens is 4. The fourth-order valence-corrected chi connectivity index (χ4v) is 2.26. The summed E-state index contributed by atoms with van der Waals surface area (Å²) in [6.45, 7) is 1.88. The van der Waals surface area contributed by atoms with E-state index in [0.717, 1.165) is 11.3 Å². The van der Waals surface area contributed by atoms with E-state index in [4.69, 9.17) is 9.26 Å². The van der Waals surface area contributed by atoms with Crippen molar-refractivity contribution in [1.29, 1.82) is 0 Å². The van der Waals surface area contributed by atoms with Crippen LogP contribution in [0.2, 0.25) is 0 Å². The Hall–Kier alpha value is -3.16. The van der Waals surface area contributed by atoms with E-state index in [9.17, 15) is 4.79 Å². The number of rotatable bonds is 5. The summed E-state index contributed by atoms with van der Waals surface area (Å²) < 4.78 is 11.7. The summed E-state index contributed by atoms with van der Waals surface area (Å²) in [4.78, 5) is 16.4. The van der Waals surface area contributed by atoms with Crippen molar-refractivity contribution in [2.45, 2.75) is 13.5 Å². The lowest BCUT2D eigenvalue weighted by atomic mass is 10.1. The van der Waals surface area contributed by atoms with Crippen molar-refractivity contribution < 1.29 is 14.1 Å². The quantitative estimate of drug-likeness (QED) is 0.766. The number of carbonyl (C=O) groups excluding carboxylic acids is 1. The Morgan fingerprint density at radius 3 is 2.92 bits per heavy atom. The van der Waals surface area contributed by atoms with E-state index >= 15 is 0 Å². The van der Waals surface area contributed by atoms with Crippen LogP contribution in [-0.4, -0.2) is 32.9 Å². The van der Waals surface area contributed by atoms with E-state index in [1.165, 1.54) is 4.68 Å². The number of benzene rings is 1. The van der Waals surface area contributed by atoms with Crippen LogP contribution in [0.25, 0.3) is 11.3 Å². The van der Waals surface area contributed by atoms with Crippen LogP contribution in [0.1, 0.15) is 22.2 Å². The van der Waals surface area contributed by atoms with Crippen LogP contribution in [-0.2, 0) is 13.6 Å². The molecule has 0 unspecified atom stereocenters. The Bertz CT molecular complexity index is 868. The monoisotopic (exact) mass is 327 g/mol. The number of nitrogens with one attached hydrogen (secondary N) is 1. The highest BCUT2D eigenvalue weighted by molar-refractivity contribution is 5.93. The first-order valence-corrected chi connectivity index (χ1v) is 7.32. The van der Waals surface area contributed by atoms with Gasteiger partial charge in [0.2, 0.25) is 5.89 Å². The van der Waals surface area contributed by atoms with Crippen molar-refractivity contribution in [2.24, 2.45) is 7.05 Å². The number of aryl methyl sites for hydroxylation is 2. The summed E-state index contributed by atoms with van der Waals surface area (Å²) in [5, 5.41) is 10.8. The maximum Gasteiger partial charge on any atom is 0.269 e. The van der Waals surface area contributed by atoms with Gasteiger partial charge in [0, 0.05) is 12.6 Å². The second-order valence-electron chi connectivity index (χ2n) is 5.19. The number of methoxy groups -OCH3 is 1. The number of hydrogen-bond donors (Lipinski definition) is 1. The first-order valence-electron chi connectivity index (χ1n) is 7.32. The zero-order chi connectivity index (χ0) is 17.1. The zero-order valence-corrected chi connectivity index (χ0v) is 13.6. The topological polar surface area (TPSA) is 95.1 Å². The van der Waals surface area contributed by atoms with E-state index in [2.05, 4.69) is 20.6 Å². The highest BCUT2D eigenvalue weighted by atomic mass is 16.5. The van der Waals surface area contributed by atoms with E-state index in [1.54, 1.807) is 27.1 Å².